The lowest BCUT2D eigenvalue weighted by Gasteiger charge is -2.14. The van der Waals surface area contributed by atoms with Gasteiger partial charge in [-0.1, -0.05) is 11.6 Å². The van der Waals surface area contributed by atoms with Crippen LogP contribution in [0.2, 0.25) is 0 Å². The van der Waals surface area contributed by atoms with Gasteiger partial charge in [-0.3, -0.25) is 4.79 Å². The van der Waals surface area contributed by atoms with Crippen LogP contribution in [0.3, 0.4) is 0 Å². The van der Waals surface area contributed by atoms with E-state index in [0.29, 0.717) is 12.4 Å². The Hall–Kier alpha value is -1.62. The monoisotopic (exact) mass is 206 g/mol. The zero-order chi connectivity index (χ0) is 10.5. The number of hydrogen-bond acceptors (Lipinski definition) is 4. The zero-order valence-electron chi connectivity index (χ0n) is 8.42. The molecular weight excluding hydrogens is 192 g/mol. The highest BCUT2D eigenvalue weighted by atomic mass is 16.1. The molecule has 1 aliphatic rings. The van der Waals surface area contributed by atoms with Crippen molar-refractivity contribution in [2.24, 2.45) is 0 Å². The molecule has 3 N–H and O–H groups in total. The number of nitrogens with one attached hydrogen (secondary N) is 3. The average molecular weight is 206 g/mol. The molecule has 0 aromatic carbocycles. The number of nitrogens with zero attached hydrogens (tertiary/aromatic N) is 1. The maximum absolute atomic E-state index is 11.3. The molecule has 0 bridgehead atoms. The van der Waals surface area contributed by atoms with Gasteiger partial charge in [0.25, 0.3) is 5.56 Å². The van der Waals surface area contributed by atoms with Gasteiger partial charge < -0.3 is 15.6 Å². The molecule has 1 aromatic heterocycles. The summed E-state index contributed by atoms with van der Waals surface area (Å²) >= 11 is 0. The van der Waals surface area contributed by atoms with Crippen molar-refractivity contribution >= 4 is 5.82 Å². The van der Waals surface area contributed by atoms with Gasteiger partial charge in [0.2, 0.25) is 0 Å². The summed E-state index contributed by atoms with van der Waals surface area (Å²) in [4.78, 5) is 17.8. The first-order valence-electron chi connectivity index (χ1n) is 5.02. The molecular formula is C10H14N4O. The SMILES string of the molecule is O=c1[nH]ccnc1NCC1=CCNCC1. The molecule has 1 aromatic rings. The molecule has 0 aliphatic carbocycles. The van der Waals surface area contributed by atoms with E-state index in [9.17, 15) is 4.79 Å². The van der Waals surface area contributed by atoms with Gasteiger partial charge in [0, 0.05) is 25.5 Å². The molecule has 0 fully saturated rings. The fourth-order valence-electron chi connectivity index (χ4n) is 1.51. The Morgan fingerprint density at radius 1 is 1.53 bits per heavy atom. The number of rotatable bonds is 3. The van der Waals surface area contributed by atoms with Crippen molar-refractivity contribution in [3.63, 3.8) is 0 Å². The van der Waals surface area contributed by atoms with E-state index < -0.39 is 0 Å². The molecule has 0 spiro atoms. The van der Waals surface area contributed by atoms with Crippen LogP contribution in [0, 0.1) is 0 Å². The van der Waals surface area contributed by atoms with Gasteiger partial charge in [0.15, 0.2) is 5.82 Å². The summed E-state index contributed by atoms with van der Waals surface area (Å²) in [6, 6.07) is 0. The number of aromatic amines is 1. The van der Waals surface area contributed by atoms with E-state index in [4.69, 9.17) is 0 Å². The second-order valence-corrected chi connectivity index (χ2v) is 3.44. The second-order valence-electron chi connectivity index (χ2n) is 3.44. The predicted molar refractivity (Wildman–Crippen MR) is 58.9 cm³/mol. The van der Waals surface area contributed by atoms with Crippen LogP contribution in [-0.2, 0) is 0 Å². The minimum atomic E-state index is -0.174. The van der Waals surface area contributed by atoms with Gasteiger partial charge >= 0.3 is 0 Å². The second kappa shape index (κ2) is 4.75. The molecule has 0 saturated heterocycles. The summed E-state index contributed by atoms with van der Waals surface area (Å²) in [5.41, 5.74) is 1.14. The highest BCUT2D eigenvalue weighted by molar-refractivity contribution is 5.32. The highest BCUT2D eigenvalue weighted by Crippen LogP contribution is 2.04. The predicted octanol–water partition coefficient (Wildman–Crippen LogP) is 0.101. The van der Waals surface area contributed by atoms with E-state index in [2.05, 4.69) is 26.7 Å². The van der Waals surface area contributed by atoms with Crippen LogP contribution < -0.4 is 16.2 Å². The van der Waals surface area contributed by atoms with Gasteiger partial charge in [0.1, 0.15) is 0 Å². The van der Waals surface area contributed by atoms with E-state index in [1.165, 1.54) is 11.8 Å². The number of H-pyrrole nitrogens is 1. The van der Waals surface area contributed by atoms with Crippen LogP contribution in [0.5, 0.6) is 0 Å². The van der Waals surface area contributed by atoms with Gasteiger partial charge in [-0.05, 0) is 13.0 Å². The lowest BCUT2D eigenvalue weighted by atomic mass is 10.1. The Morgan fingerprint density at radius 2 is 2.47 bits per heavy atom. The van der Waals surface area contributed by atoms with Crippen LogP contribution in [-0.4, -0.2) is 29.6 Å². The standard InChI is InChI=1S/C10H14N4O/c15-10-9(12-5-6-13-10)14-7-8-1-3-11-4-2-8/h1,5-6,11H,2-4,7H2,(H,12,14)(H,13,15). The van der Waals surface area contributed by atoms with E-state index >= 15 is 0 Å². The summed E-state index contributed by atoms with van der Waals surface area (Å²) in [7, 11) is 0. The largest absolute Gasteiger partial charge is 0.362 e. The Labute approximate surface area is 87.6 Å². The first kappa shape index (κ1) is 9.92. The maximum atomic E-state index is 11.3. The molecule has 15 heavy (non-hydrogen) atoms. The van der Waals surface area contributed by atoms with Gasteiger partial charge in [-0.2, -0.15) is 0 Å². The van der Waals surface area contributed by atoms with Crippen LogP contribution in [0.1, 0.15) is 6.42 Å². The quantitative estimate of drug-likeness (QED) is 0.613. The maximum Gasteiger partial charge on any atom is 0.290 e. The van der Waals surface area contributed by atoms with Crippen LogP contribution in [0.25, 0.3) is 0 Å². The lowest BCUT2D eigenvalue weighted by Crippen LogP contribution is -2.24. The third-order valence-corrected chi connectivity index (χ3v) is 2.35. The molecule has 5 nitrogen and oxygen atoms in total. The first-order chi connectivity index (χ1) is 7.36. The van der Waals surface area contributed by atoms with Crippen LogP contribution in [0.15, 0.2) is 28.8 Å². The topological polar surface area (TPSA) is 69.8 Å². The van der Waals surface area contributed by atoms with Crippen LogP contribution >= 0.6 is 0 Å². The molecule has 0 atom stereocenters. The van der Waals surface area contributed by atoms with Crippen molar-refractivity contribution in [2.75, 3.05) is 25.0 Å². The summed E-state index contributed by atoms with van der Waals surface area (Å²) in [5, 5.41) is 6.27. The molecule has 0 radical (unpaired) electrons. The third kappa shape index (κ3) is 2.66. The molecule has 2 heterocycles. The Balaban J connectivity index is 1.96. The van der Waals surface area contributed by atoms with E-state index in [1.807, 2.05) is 0 Å². The van der Waals surface area contributed by atoms with Crippen molar-refractivity contribution in [2.45, 2.75) is 6.42 Å². The van der Waals surface area contributed by atoms with Crippen molar-refractivity contribution in [1.82, 2.24) is 15.3 Å². The van der Waals surface area contributed by atoms with Crippen molar-refractivity contribution < 1.29 is 0 Å². The zero-order valence-corrected chi connectivity index (χ0v) is 8.42. The Morgan fingerprint density at radius 3 is 3.20 bits per heavy atom. The summed E-state index contributed by atoms with van der Waals surface area (Å²) in [6.45, 7) is 2.61. The molecule has 0 saturated carbocycles. The molecule has 2 rings (SSSR count). The van der Waals surface area contributed by atoms with E-state index in [1.54, 1.807) is 6.20 Å². The van der Waals surface area contributed by atoms with Crippen molar-refractivity contribution in [3.8, 4) is 0 Å². The lowest BCUT2D eigenvalue weighted by molar-refractivity contribution is 0.697. The van der Waals surface area contributed by atoms with Crippen molar-refractivity contribution in [3.05, 3.63) is 34.4 Å². The minimum Gasteiger partial charge on any atom is -0.362 e. The fraction of sp³-hybridized carbons (Fsp3) is 0.400. The summed E-state index contributed by atoms with van der Waals surface area (Å²) in [5.74, 6) is 0.386. The van der Waals surface area contributed by atoms with Gasteiger partial charge in [-0.15, -0.1) is 0 Å². The first-order valence-corrected chi connectivity index (χ1v) is 5.02. The smallest absolute Gasteiger partial charge is 0.290 e. The highest BCUT2D eigenvalue weighted by Gasteiger charge is 2.04. The molecule has 1 aliphatic heterocycles. The number of hydrogen-bond donors (Lipinski definition) is 3. The molecule has 0 amide bonds. The van der Waals surface area contributed by atoms with Crippen LogP contribution in [0.4, 0.5) is 5.82 Å². The third-order valence-electron chi connectivity index (χ3n) is 2.35. The Bertz CT molecular complexity index is 410. The van der Waals surface area contributed by atoms with Gasteiger partial charge in [0.05, 0.1) is 0 Å². The summed E-state index contributed by atoms with van der Waals surface area (Å²) in [6.07, 6.45) is 6.27. The summed E-state index contributed by atoms with van der Waals surface area (Å²) < 4.78 is 0. The minimum absolute atomic E-state index is 0.174. The normalized spacial score (nSPS) is 15.9. The molecule has 0 unspecified atom stereocenters. The molecule has 80 valence electrons. The average Bonchev–Trinajstić information content (AvgIpc) is 2.29. The van der Waals surface area contributed by atoms with E-state index in [-0.39, 0.29) is 5.56 Å². The number of aromatic nitrogens is 2. The van der Waals surface area contributed by atoms with E-state index in [0.717, 1.165) is 19.5 Å². The van der Waals surface area contributed by atoms with Crippen molar-refractivity contribution in [1.29, 1.82) is 0 Å². The molecule has 5 heteroatoms. The number of anilines is 1. The van der Waals surface area contributed by atoms with Gasteiger partial charge in [-0.25, -0.2) is 4.98 Å². The Kier molecular flexibility index (Phi) is 3.14. The fourth-order valence-corrected chi connectivity index (χ4v) is 1.51.